The first-order chi connectivity index (χ1) is 7.63. The first kappa shape index (κ1) is 10.8. The second-order valence-electron chi connectivity index (χ2n) is 3.22. The summed E-state index contributed by atoms with van der Waals surface area (Å²) < 4.78 is 0. The number of hydrogen-bond acceptors (Lipinski definition) is 6. The number of nitrogens with two attached hydrogens (primary N) is 1. The van der Waals surface area contributed by atoms with Crippen molar-refractivity contribution in [2.45, 2.75) is 13.8 Å². The maximum absolute atomic E-state index is 11.3. The molecule has 0 atom stereocenters. The van der Waals surface area contributed by atoms with Gasteiger partial charge in [-0.2, -0.15) is 11.0 Å². The average molecular weight is 238 g/mol. The third kappa shape index (κ3) is 1.70. The van der Waals surface area contributed by atoms with Crippen molar-refractivity contribution in [1.82, 2.24) is 15.2 Å². The van der Waals surface area contributed by atoms with Crippen LogP contribution in [-0.4, -0.2) is 21.2 Å². The molecule has 0 aromatic carbocycles. The number of aromatic nitrogens is 3. The maximum Gasteiger partial charge on any atom is 0.375 e. The van der Waals surface area contributed by atoms with Crippen LogP contribution in [0.4, 0.5) is 0 Å². The van der Waals surface area contributed by atoms with Crippen molar-refractivity contribution >= 4 is 17.3 Å². The van der Waals surface area contributed by atoms with E-state index in [4.69, 9.17) is 5.90 Å². The van der Waals surface area contributed by atoms with Gasteiger partial charge in [-0.1, -0.05) is 0 Å². The minimum atomic E-state index is -0.655. The van der Waals surface area contributed by atoms with E-state index in [9.17, 15) is 4.79 Å². The lowest BCUT2D eigenvalue weighted by molar-refractivity contribution is 0.0497. The molecular formula is C9H10N4O2S. The van der Waals surface area contributed by atoms with Gasteiger partial charge in [0.15, 0.2) is 5.69 Å². The molecule has 0 spiro atoms. The van der Waals surface area contributed by atoms with E-state index < -0.39 is 5.97 Å². The van der Waals surface area contributed by atoms with Crippen LogP contribution in [0.15, 0.2) is 6.20 Å². The lowest BCUT2D eigenvalue weighted by Gasteiger charge is -1.96. The first-order valence-corrected chi connectivity index (χ1v) is 5.34. The second-order valence-corrected chi connectivity index (χ2v) is 4.43. The van der Waals surface area contributed by atoms with Crippen LogP contribution in [0.1, 0.15) is 21.1 Å². The number of rotatable bonds is 2. The predicted molar refractivity (Wildman–Crippen MR) is 58.8 cm³/mol. The molecule has 16 heavy (non-hydrogen) atoms. The highest BCUT2D eigenvalue weighted by atomic mass is 32.1. The van der Waals surface area contributed by atoms with Gasteiger partial charge < -0.3 is 4.84 Å². The monoisotopic (exact) mass is 238 g/mol. The molecule has 2 rings (SSSR count). The summed E-state index contributed by atoms with van der Waals surface area (Å²) in [5.74, 6) is 4.18. The topological polar surface area (TPSA) is 93.9 Å². The van der Waals surface area contributed by atoms with Crippen LogP contribution in [0.2, 0.25) is 0 Å². The summed E-state index contributed by atoms with van der Waals surface area (Å²) in [4.78, 5) is 20.9. The molecule has 2 heterocycles. The predicted octanol–water partition coefficient (Wildman–Crippen LogP) is 1.18. The summed E-state index contributed by atoms with van der Waals surface area (Å²) in [5, 5.41) is 7.06. The summed E-state index contributed by atoms with van der Waals surface area (Å²) in [6.07, 6.45) is 1.53. The Hall–Kier alpha value is -1.73. The number of H-pyrrole nitrogens is 1. The fraction of sp³-hybridized carbons (Fsp3) is 0.222. The third-order valence-corrected chi connectivity index (χ3v) is 3.32. The van der Waals surface area contributed by atoms with Crippen molar-refractivity contribution in [2.24, 2.45) is 5.90 Å². The number of hydrogen-bond donors (Lipinski definition) is 2. The molecule has 0 radical (unpaired) electrons. The summed E-state index contributed by atoms with van der Waals surface area (Å²) in [6, 6.07) is 0. The molecule has 2 aromatic heterocycles. The summed E-state index contributed by atoms with van der Waals surface area (Å²) in [6.45, 7) is 3.88. The minimum Gasteiger partial charge on any atom is -0.368 e. The van der Waals surface area contributed by atoms with Gasteiger partial charge in [0, 0.05) is 4.88 Å². The molecule has 2 aromatic rings. The van der Waals surface area contributed by atoms with Crippen LogP contribution in [-0.2, 0) is 4.84 Å². The molecule has 0 saturated carbocycles. The number of thiazole rings is 1. The van der Waals surface area contributed by atoms with Gasteiger partial charge in [0.25, 0.3) is 0 Å². The Morgan fingerprint density at radius 3 is 2.88 bits per heavy atom. The normalized spacial score (nSPS) is 10.4. The zero-order valence-electron chi connectivity index (χ0n) is 8.77. The molecule has 0 amide bonds. The van der Waals surface area contributed by atoms with E-state index in [1.54, 1.807) is 0 Å². The largest absolute Gasteiger partial charge is 0.375 e. The molecule has 84 valence electrons. The molecule has 7 heteroatoms. The lowest BCUT2D eigenvalue weighted by atomic mass is 10.2. The smallest absolute Gasteiger partial charge is 0.368 e. The van der Waals surface area contributed by atoms with E-state index >= 15 is 0 Å². The van der Waals surface area contributed by atoms with Gasteiger partial charge in [-0.05, 0) is 13.8 Å². The highest BCUT2D eigenvalue weighted by Gasteiger charge is 2.19. The molecular weight excluding hydrogens is 228 g/mol. The fourth-order valence-electron chi connectivity index (χ4n) is 1.25. The van der Waals surface area contributed by atoms with Crippen LogP contribution in [0, 0.1) is 13.8 Å². The fourth-order valence-corrected chi connectivity index (χ4v) is 2.18. The molecule has 0 saturated heterocycles. The molecule has 0 fully saturated rings. The second kappa shape index (κ2) is 4.03. The van der Waals surface area contributed by atoms with E-state index in [1.165, 1.54) is 17.5 Å². The Kier molecular flexibility index (Phi) is 2.71. The Bertz CT molecular complexity index is 512. The van der Waals surface area contributed by atoms with Crippen molar-refractivity contribution in [1.29, 1.82) is 0 Å². The van der Waals surface area contributed by atoms with Gasteiger partial charge in [0.2, 0.25) is 0 Å². The Morgan fingerprint density at radius 2 is 2.31 bits per heavy atom. The highest BCUT2D eigenvalue weighted by molar-refractivity contribution is 7.15. The number of nitrogens with one attached hydrogen (secondary N) is 1. The zero-order chi connectivity index (χ0) is 11.7. The van der Waals surface area contributed by atoms with Crippen LogP contribution in [0.25, 0.3) is 10.6 Å². The summed E-state index contributed by atoms with van der Waals surface area (Å²) >= 11 is 1.49. The molecule has 0 aliphatic rings. The Labute approximate surface area is 95.4 Å². The van der Waals surface area contributed by atoms with Crippen LogP contribution in [0.3, 0.4) is 0 Å². The van der Waals surface area contributed by atoms with Crippen molar-refractivity contribution in [3.8, 4) is 10.6 Å². The lowest BCUT2D eigenvalue weighted by Crippen LogP contribution is -2.11. The van der Waals surface area contributed by atoms with Crippen LogP contribution in [0.5, 0.6) is 0 Å². The maximum atomic E-state index is 11.3. The molecule has 3 N–H and O–H groups in total. The van der Waals surface area contributed by atoms with Crippen molar-refractivity contribution in [3.63, 3.8) is 0 Å². The Morgan fingerprint density at radius 1 is 1.56 bits per heavy atom. The first-order valence-electron chi connectivity index (χ1n) is 4.52. The van der Waals surface area contributed by atoms with Gasteiger partial charge in [0.05, 0.1) is 17.5 Å². The van der Waals surface area contributed by atoms with Crippen LogP contribution < -0.4 is 5.90 Å². The standard InChI is InChI=1S/C9H10N4O2S/c1-4-5(2)16-8(12-4)6-3-11-13-7(6)9(14)15-10/h3H,10H2,1-2H3,(H,11,13). The number of aromatic amines is 1. The van der Waals surface area contributed by atoms with E-state index in [0.717, 1.165) is 15.6 Å². The van der Waals surface area contributed by atoms with Crippen molar-refractivity contribution < 1.29 is 9.63 Å². The molecule has 0 bridgehead atoms. The summed E-state index contributed by atoms with van der Waals surface area (Å²) in [5.41, 5.74) is 1.76. The van der Waals surface area contributed by atoms with E-state index in [-0.39, 0.29) is 5.69 Å². The van der Waals surface area contributed by atoms with E-state index in [1.807, 2.05) is 13.8 Å². The number of nitrogens with zero attached hydrogens (tertiary/aromatic N) is 2. The van der Waals surface area contributed by atoms with Gasteiger partial charge >= 0.3 is 5.97 Å². The Balaban J connectivity index is 2.48. The van der Waals surface area contributed by atoms with Gasteiger partial charge in [0.1, 0.15) is 5.01 Å². The third-order valence-electron chi connectivity index (χ3n) is 2.21. The van der Waals surface area contributed by atoms with Crippen molar-refractivity contribution in [3.05, 3.63) is 22.5 Å². The summed E-state index contributed by atoms with van der Waals surface area (Å²) in [7, 11) is 0. The quantitative estimate of drug-likeness (QED) is 0.766. The minimum absolute atomic E-state index is 0.219. The van der Waals surface area contributed by atoms with E-state index in [0.29, 0.717) is 5.56 Å². The van der Waals surface area contributed by atoms with Gasteiger partial charge in [-0.15, -0.1) is 11.3 Å². The average Bonchev–Trinajstić information content (AvgIpc) is 2.85. The van der Waals surface area contributed by atoms with E-state index in [2.05, 4.69) is 20.0 Å². The van der Waals surface area contributed by atoms with Gasteiger partial charge in [-0.25, -0.2) is 9.78 Å². The molecule has 0 unspecified atom stereocenters. The molecule has 0 aliphatic carbocycles. The van der Waals surface area contributed by atoms with Crippen molar-refractivity contribution in [2.75, 3.05) is 0 Å². The zero-order valence-corrected chi connectivity index (χ0v) is 9.59. The highest BCUT2D eigenvalue weighted by Crippen LogP contribution is 2.28. The van der Waals surface area contributed by atoms with Gasteiger partial charge in [-0.3, -0.25) is 5.10 Å². The number of carbonyl (C=O) groups excluding carboxylic acids is 1. The molecule has 6 nitrogen and oxygen atoms in total. The number of carbonyl (C=O) groups is 1. The van der Waals surface area contributed by atoms with Crippen LogP contribution >= 0.6 is 11.3 Å². The molecule has 0 aliphatic heterocycles. The SMILES string of the molecule is Cc1nc(-c2cn[nH]c2C(=O)ON)sc1C. The number of aryl methyl sites for hydroxylation is 2.